The van der Waals surface area contributed by atoms with Gasteiger partial charge in [0.15, 0.2) is 5.11 Å². The first-order chi connectivity index (χ1) is 9.24. The van der Waals surface area contributed by atoms with Crippen molar-refractivity contribution >= 4 is 38.7 Å². The smallest absolute Gasteiger partial charge is 0.231 e. The second-order valence-electron chi connectivity index (χ2n) is 4.69. The van der Waals surface area contributed by atoms with Crippen LogP contribution >= 0.6 is 12.2 Å². The summed E-state index contributed by atoms with van der Waals surface area (Å²) >= 11 is 5.21. The Morgan fingerprint density at radius 1 is 1.45 bits per heavy atom. The molecule has 1 atom stereocenters. The number of benzene rings is 1. The summed E-state index contributed by atoms with van der Waals surface area (Å²) < 4.78 is 24.3. The van der Waals surface area contributed by atoms with Crippen molar-refractivity contribution in [2.75, 3.05) is 22.9 Å². The largest absolute Gasteiger partial charge is 0.360 e. The summed E-state index contributed by atoms with van der Waals surface area (Å²) in [6.45, 7) is 4.11. The number of nitrogens with zero attached hydrogens (tertiary/aromatic N) is 1. The zero-order valence-electron chi connectivity index (χ0n) is 12.2. The summed E-state index contributed by atoms with van der Waals surface area (Å²) in [5.41, 5.74) is 1.34. The van der Waals surface area contributed by atoms with Crippen LogP contribution in [-0.2, 0) is 10.0 Å². The molecule has 0 spiro atoms. The number of thiocarbonyl (C=S) groups is 1. The van der Waals surface area contributed by atoms with Crippen LogP contribution in [0.25, 0.3) is 0 Å². The normalized spacial score (nSPS) is 12.6. The minimum absolute atomic E-state index is 0.289. The Morgan fingerprint density at radius 2 is 2.10 bits per heavy atom. The topological polar surface area (TPSA) is 61.4 Å². The molecule has 2 N–H and O–H groups in total. The van der Waals surface area contributed by atoms with E-state index in [0.717, 1.165) is 12.1 Å². The third-order valence-corrected chi connectivity index (χ3v) is 4.38. The molecule has 0 radical (unpaired) electrons. The molecule has 7 heteroatoms. The second kappa shape index (κ2) is 6.90. The van der Waals surface area contributed by atoms with E-state index in [2.05, 4.69) is 17.6 Å². The van der Waals surface area contributed by atoms with E-state index in [9.17, 15) is 8.42 Å². The van der Waals surface area contributed by atoms with E-state index in [1.165, 1.54) is 17.6 Å². The number of hydrogen-bond acceptors (Lipinski definition) is 3. The molecular weight excluding hydrogens is 294 g/mol. The number of rotatable bonds is 5. The predicted octanol–water partition coefficient (Wildman–Crippen LogP) is 2.17. The standard InChI is InChI=1S/C13H21N3O2S2/c1-5-10(2)14-13(19)15-11-7-6-8-12(9-11)16(3)20(4,17)18/h6-10H,5H2,1-4H3,(H2,14,15,19)/t10-/m0/s1. The monoisotopic (exact) mass is 315 g/mol. The number of nitrogens with one attached hydrogen (secondary N) is 2. The van der Waals surface area contributed by atoms with Crippen molar-refractivity contribution in [3.05, 3.63) is 24.3 Å². The molecule has 20 heavy (non-hydrogen) atoms. The van der Waals surface area contributed by atoms with Gasteiger partial charge in [0, 0.05) is 18.8 Å². The summed E-state index contributed by atoms with van der Waals surface area (Å²) in [6, 6.07) is 7.38. The van der Waals surface area contributed by atoms with Gasteiger partial charge in [-0.2, -0.15) is 0 Å². The van der Waals surface area contributed by atoms with E-state index in [1.54, 1.807) is 18.2 Å². The van der Waals surface area contributed by atoms with Crippen molar-refractivity contribution in [1.29, 1.82) is 0 Å². The van der Waals surface area contributed by atoms with Crippen molar-refractivity contribution in [2.45, 2.75) is 26.3 Å². The van der Waals surface area contributed by atoms with Gasteiger partial charge in [0.05, 0.1) is 11.9 Å². The third-order valence-electron chi connectivity index (χ3n) is 2.95. The predicted molar refractivity (Wildman–Crippen MR) is 88.8 cm³/mol. The molecule has 0 amide bonds. The second-order valence-corrected chi connectivity index (χ2v) is 7.11. The summed E-state index contributed by atoms with van der Waals surface area (Å²) in [4.78, 5) is 0. The van der Waals surface area contributed by atoms with Crippen molar-refractivity contribution in [1.82, 2.24) is 5.32 Å². The molecule has 0 aromatic heterocycles. The van der Waals surface area contributed by atoms with Gasteiger partial charge < -0.3 is 10.6 Å². The number of hydrogen-bond donors (Lipinski definition) is 2. The lowest BCUT2D eigenvalue weighted by Gasteiger charge is -2.19. The van der Waals surface area contributed by atoms with Gasteiger partial charge in [0.1, 0.15) is 0 Å². The Kier molecular flexibility index (Phi) is 5.76. The molecule has 5 nitrogen and oxygen atoms in total. The summed E-state index contributed by atoms with van der Waals surface area (Å²) in [5.74, 6) is 0. The molecule has 0 aliphatic rings. The Balaban J connectivity index is 2.81. The van der Waals surface area contributed by atoms with Gasteiger partial charge in [-0.05, 0) is 43.8 Å². The molecular formula is C13H21N3O2S2. The summed E-state index contributed by atoms with van der Waals surface area (Å²) in [6.07, 6.45) is 2.14. The van der Waals surface area contributed by atoms with Crippen LogP contribution in [0.2, 0.25) is 0 Å². The van der Waals surface area contributed by atoms with E-state index < -0.39 is 10.0 Å². The average Bonchev–Trinajstić information content (AvgIpc) is 2.36. The van der Waals surface area contributed by atoms with E-state index >= 15 is 0 Å². The Labute approximate surface area is 126 Å². The average molecular weight is 315 g/mol. The highest BCUT2D eigenvalue weighted by Crippen LogP contribution is 2.20. The van der Waals surface area contributed by atoms with Crippen LogP contribution in [0.3, 0.4) is 0 Å². The molecule has 112 valence electrons. The maximum atomic E-state index is 11.5. The lowest BCUT2D eigenvalue weighted by atomic mass is 10.2. The molecule has 1 aromatic rings. The molecule has 1 aromatic carbocycles. The van der Waals surface area contributed by atoms with Crippen molar-refractivity contribution in [3.63, 3.8) is 0 Å². The van der Waals surface area contributed by atoms with Gasteiger partial charge in [-0.15, -0.1) is 0 Å². The first kappa shape index (κ1) is 16.7. The molecule has 0 unspecified atom stereocenters. The molecule has 0 heterocycles. The highest BCUT2D eigenvalue weighted by molar-refractivity contribution is 7.92. The summed E-state index contributed by atoms with van der Waals surface area (Å²) in [7, 11) is -1.75. The van der Waals surface area contributed by atoms with Crippen LogP contribution in [0.1, 0.15) is 20.3 Å². The minimum atomic E-state index is -3.27. The molecule has 0 aliphatic carbocycles. The number of sulfonamides is 1. The molecule has 0 bridgehead atoms. The van der Waals surface area contributed by atoms with Crippen molar-refractivity contribution in [2.24, 2.45) is 0 Å². The first-order valence-corrected chi connectivity index (χ1v) is 8.61. The van der Waals surface area contributed by atoms with Crippen molar-refractivity contribution < 1.29 is 8.42 Å². The SMILES string of the molecule is CC[C@H](C)NC(=S)Nc1cccc(N(C)S(C)(=O)=O)c1. The van der Waals surface area contributed by atoms with Gasteiger partial charge in [0.2, 0.25) is 10.0 Å². The zero-order chi connectivity index (χ0) is 15.3. The van der Waals surface area contributed by atoms with Crippen LogP contribution in [0.15, 0.2) is 24.3 Å². The van der Waals surface area contributed by atoms with Crippen LogP contribution in [0.4, 0.5) is 11.4 Å². The molecule has 0 aliphatic heterocycles. The van der Waals surface area contributed by atoms with Gasteiger partial charge in [0.25, 0.3) is 0 Å². The fourth-order valence-corrected chi connectivity index (χ4v) is 2.28. The highest BCUT2D eigenvalue weighted by atomic mass is 32.2. The molecule has 1 rings (SSSR count). The van der Waals surface area contributed by atoms with Gasteiger partial charge in [-0.25, -0.2) is 8.42 Å². The van der Waals surface area contributed by atoms with Crippen molar-refractivity contribution in [3.8, 4) is 0 Å². The van der Waals surface area contributed by atoms with Gasteiger partial charge in [-0.3, -0.25) is 4.31 Å². The molecule has 0 fully saturated rings. The molecule has 0 saturated heterocycles. The lowest BCUT2D eigenvalue weighted by molar-refractivity contribution is 0.600. The van der Waals surface area contributed by atoms with E-state index in [1.807, 2.05) is 13.0 Å². The van der Waals surface area contributed by atoms with E-state index in [-0.39, 0.29) is 6.04 Å². The summed E-state index contributed by atoms with van der Waals surface area (Å²) in [5, 5.41) is 6.72. The van der Waals surface area contributed by atoms with E-state index in [4.69, 9.17) is 12.2 Å². The van der Waals surface area contributed by atoms with Gasteiger partial charge in [-0.1, -0.05) is 13.0 Å². The Hall–Kier alpha value is -1.34. The highest BCUT2D eigenvalue weighted by Gasteiger charge is 2.12. The van der Waals surface area contributed by atoms with E-state index in [0.29, 0.717) is 10.8 Å². The fourth-order valence-electron chi connectivity index (χ4n) is 1.46. The first-order valence-electron chi connectivity index (χ1n) is 6.35. The van der Waals surface area contributed by atoms with Crippen LogP contribution in [0.5, 0.6) is 0 Å². The van der Waals surface area contributed by atoms with Crippen LogP contribution in [-0.4, -0.2) is 32.9 Å². The number of anilines is 2. The Morgan fingerprint density at radius 3 is 2.65 bits per heavy atom. The minimum Gasteiger partial charge on any atom is -0.360 e. The maximum Gasteiger partial charge on any atom is 0.231 e. The Bertz CT molecular complexity index is 573. The fraction of sp³-hybridized carbons (Fsp3) is 0.462. The third kappa shape index (κ3) is 4.97. The lowest BCUT2D eigenvalue weighted by Crippen LogP contribution is -2.35. The quantitative estimate of drug-likeness (QED) is 0.816. The van der Waals surface area contributed by atoms with Crippen LogP contribution in [0, 0.1) is 0 Å². The van der Waals surface area contributed by atoms with Gasteiger partial charge >= 0.3 is 0 Å². The maximum absolute atomic E-state index is 11.5. The zero-order valence-corrected chi connectivity index (χ0v) is 13.8. The molecule has 0 saturated carbocycles. The van der Waals surface area contributed by atoms with Crippen LogP contribution < -0.4 is 14.9 Å².